The number of fused-ring (bicyclic) bond motifs is 1. The van der Waals surface area contributed by atoms with Crippen molar-refractivity contribution in [2.24, 2.45) is 23.7 Å². The molecule has 14 nitrogen and oxygen atoms in total. The minimum atomic E-state index is -1.46. The van der Waals surface area contributed by atoms with Crippen LogP contribution in [0.4, 0.5) is 9.28 Å². The highest BCUT2D eigenvalue weighted by molar-refractivity contribution is 6.38. The quantitative estimate of drug-likeness (QED) is 0.163. The number of benzene rings is 1. The second-order valence-corrected chi connectivity index (χ2v) is 16.7. The molecular weight excluding hydrogens is 735 g/mol. The molecule has 57 heavy (non-hydrogen) atoms. The van der Waals surface area contributed by atoms with Crippen molar-refractivity contribution >= 4 is 41.4 Å². The van der Waals surface area contributed by atoms with E-state index in [4.69, 9.17) is 4.74 Å². The van der Waals surface area contributed by atoms with Crippen molar-refractivity contribution in [1.29, 1.82) is 0 Å². The van der Waals surface area contributed by atoms with Gasteiger partial charge in [0.1, 0.15) is 24.2 Å². The Labute approximate surface area is 335 Å². The number of likely N-dealkylation sites (tertiary alicyclic amines) is 1. The van der Waals surface area contributed by atoms with Crippen molar-refractivity contribution < 1.29 is 42.8 Å². The number of nitrogens with one attached hydrogen (secondary N) is 3. The van der Waals surface area contributed by atoms with E-state index in [0.717, 1.165) is 51.4 Å². The molecule has 0 spiro atoms. The second-order valence-electron chi connectivity index (χ2n) is 16.7. The molecule has 0 bridgehead atoms. The number of likely N-dealkylation sites (N-methyl/N-ethyl adjacent to an activating group) is 1. The third-order valence-corrected chi connectivity index (χ3v) is 12.6. The van der Waals surface area contributed by atoms with Crippen LogP contribution in [0.5, 0.6) is 0 Å². The van der Waals surface area contributed by atoms with E-state index in [1.807, 2.05) is 0 Å². The van der Waals surface area contributed by atoms with Gasteiger partial charge in [0.2, 0.25) is 29.4 Å². The largest absolute Gasteiger partial charge is 0.445 e. The molecular formula is C42H61FN6O8. The van der Waals surface area contributed by atoms with Crippen LogP contribution in [0.1, 0.15) is 115 Å². The van der Waals surface area contributed by atoms with E-state index in [0.29, 0.717) is 37.7 Å². The van der Waals surface area contributed by atoms with Crippen LogP contribution in [-0.4, -0.2) is 108 Å². The Morgan fingerprint density at radius 1 is 0.877 bits per heavy atom. The number of nitrogens with zero attached hydrogens (tertiary/aromatic N) is 3. The number of hydrogen-bond donors (Lipinski definition) is 3. The first-order valence-electron chi connectivity index (χ1n) is 20.9. The molecule has 5 unspecified atom stereocenters. The van der Waals surface area contributed by atoms with Crippen molar-refractivity contribution in [3.63, 3.8) is 0 Å². The lowest BCUT2D eigenvalue weighted by molar-refractivity contribution is -0.158. The molecule has 1 aromatic carbocycles. The molecule has 1 aliphatic heterocycles. The number of carbonyl (C=O) groups excluding carboxylic acids is 7. The molecule has 1 heterocycles. The molecule has 6 amide bonds. The van der Waals surface area contributed by atoms with Gasteiger partial charge in [0.05, 0.1) is 12.6 Å². The number of rotatable bonds is 16. The predicted octanol–water partition coefficient (Wildman–Crippen LogP) is 4.38. The van der Waals surface area contributed by atoms with Gasteiger partial charge in [-0.1, -0.05) is 93.1 Å². The van der Waals surface area contributed by atoms with Gasteiger partial charge in [-0.15, -0.1) is 5.12 Å². The minimum absolute atomic E-state index is 0.0674. The van der Waals surface area contributed by atoms with Crippen LogP contribution in [0, 0.1) is 23.7 Å². The normalized spacial score (nSPS) is 23.0. The van der Waals surface area contributed by atoms with Crippen molar-refractivity contribution in [3.05, 3.63) is 35.9 Å². The van der Waals surface area contributed by atoms with Crippen LogP contribution in [0.3, 0.4) is 0 Å². The number of carbonyl (C=O) groups is 7. The third-order valence-electron chi connectivity index (χ3n) is 12.6. The zero-order valence-corrected chi connectivity index (χ0v) is 33.9. The molecule has 7 atom stereocenters. The summed E-state index contributed by atoms with van der Waals surface area (Å²) in [6.07, 6.45) is 8.12. The number of Topliss-reactive ketones (excluding diaryl/α,β-unsaturated/α-hetero) is 1. The summed E-state index contributed by atoms with van der Waals surface area (Å²) in [6, 6.07) is 3.91. The van der Waals surface area contributed by atoms with E-state index in [2.05, 4.69) is 16.0 Å². The topological polar surface area (TPSA) is 175 Å². The lowest BCUT2D eigenvalue weighted by Crippen LogP contribution is -2.63. The SMILES string of the molecule is CCC(C)OC(=O)N(F)C(C(=O)N1CC[C@@H]2CCC[C@@H]2C1C(=O)NC(CC1CCC1)C(=O)C(=O)NCC(=O)NC(C(=O)N(C)C)c1ccccc1)C1CCCCC1. The van der Waals surface area contributed by atoms with Crippen molar-refractivity contribution in [1.82, 2.24) is 30.9 Å². The highest BCUT2D eigenvalue weighted by atomic mass is 19.2. The van der Waals surface area contributed by atoms with Crippen LogP contribution in [0.2, 0.25) is 0 Å². The molecule has 5 rings (SSSR count). The Hall–Kier alpha value is -4.56. The second kappa shape index (κ2) is 20.2. The van der Waals surface area contributed by atoms with Gasteiger partial charge in [-0.25, -0.2) is 4.79 Å². The molecule has 0 radical (unpaired) electrons. The van der Waals surface area contributed by atoms with Gasteiger partial charge in [-0.05, 0) is 74.7 Å². The highest BCUT2D eigenvalue weighted by Crippen LogP contribution is 2.43. The molecule has 3 aliphatic carbocycles. The van der Waals surface area contributed by atoms with Crippen LogP contribution < -0.4 is 16.0 Å². The number of halogens is 1. The van der Waals surface area contributed by atoms with E-state index < -0.39 is 78.2 Å². The highest BCUT2D eigenvalue weighted by Gasteiger charge is 2.51. The smallest absolute Gasteiger partial charge is 0.439 e. The average Bonchev–Trinajstić information content (AvgIpc) is 3.68. The average molecular weight is 797 g/mol. The third kappa shape index (κ3) is 10.9. The first-order valence-corrected chi connectivity index (χ1v) is 20.9. The molecule has 3 saturated carbocycles. The molecule has 15 heteroatoms. The van der Waals surface area contributed by atoms with Crippen LogP contribution in [0.15, 0.2) is 30.3 Å². The summed E-state index contributed by atoms with van der Waals surface area (Å²) in [7, 11) is 3.12. The zero-order chi connectivity index (χ0) is 41.2. The van der Waals surface area contributed by atoms with Gasteiger partial charge in [-0.2, -0.15) is 0 Å². The monoisotopic (exact) mass is 796 g/mol. The fourth-order valence-electron chi connectivity index (χ4n) is 8.98. The standard InChI is InChI=1S/C42H61FN6O8/c1-5-26(2)57-42(56)49(43)35(30-18-10-7-11-19-30)41(55)48-23-22-28-20-13-21-31(28)36(48)38(52)45-32(24-27-14-12-15-27)37(51)39(53)44-25-33(50)46-34(40(54)47(3)4)29-16-8-6-9-17-29/h6,8-9,16-17,26-28,30-32,34-36H,5,7,10-15,18-25H2,1-4H3,(H,44,53)(H,45,52)(H,46,50)/t26?,28-,31-,32?,34?,35?,36?/m0/s1. The number of ether oxygens (including phenoxy) is 1. The maximum atomic E-state index is 16.2. The first kappa shape index (κ1) is 43.6. The Bertz CT molecular complexity index is 1600. The number of ketones is 1. The van der Waals surface area contributed by atoms with Crippen LogP contribution in [0.25, 0.3) is 0 Å². The number of amides is 6. The molecule has 0 aromatic heterocycles. The Balaban J connectivity index is 1.32. The summed E-state index contributed by atoms with van der Waals surface area (Å²) in [5, 5.41) is 7.79. The molecule has 314 valence electrons. The van der Waals surface area contributed by atoms with E-state index in [9.17, 15) is 33.6 Å². The van der Waals surface area contributed by atoms with Gasteiger partial charge < -0.3 is 30.5 Å². The Morgan fingerprint density at radius 2 is 1.56 bits per heavy atom. The summed E-state index contributed by atoms with van der Waals surface area (Å²) >= 11 is 0. The van der Waals surface area contributed by atoms with E-state index >= 15 is 4.48 Å². The predicted molar refractivity (Wildman–Crippen MR) is 208 cm³/mol. The lowest BCUT2D eigenvalue weighted by Gasteiger charge is -2.45. The van der Waals surface area contributed by atoms with Crippen LogP contribution in [-0.2, 0) is 33.5 Å². The molecule has 1 saturated heterocycles. The van der Waals surface area contributed by atoms with Crippen LogP contribution >= 0.6 is 0 Å². The summed E-state index contributed by atoms with van der Waals surface area (Å²) < 4.78 is 21.5. The fraction of sp³-hybridized carbons (Fsp3) is 0.690. The van der Waals surface area contributed by atoms with Gasteiger partial charge >= 0.3 is 6.09 Å². The molecule has 3 N–H and O–H groups in total. The Morgan fingerprint density at radius 3 is 2.19 bits per heavy atom. The molecule has 4 aliphatic rings. The number of hydrogen-bond acceptors (Lipinski definition) is 8. The minimum Gasteiger partial charge on any atom is -0.445 e. The summed E-state index contributed by atoms with van der Waals surface area (Å²) in [5.74, 6) is -4.75. The van der Waals surface area contributed by atoms with E-state index in [1.54, 1.807) is 58.3 Å². The summed E-state index contributed by atoms with van der Waals surface area (Å²) in [6.45, 7) is 3.06. The number of piperidine rings is 1. The van der Waals surface area contributed by atoms with E-state index in [1.165, 1.54) is 9.80 Å². The van der Waals surface area contributed by atoms with Crippen molar-refractivity contribution in [2.75, 3.05) is 27.2 Å². The Kier molecular flexibility index (Phi) is 15.5. The van der Waals surface area contributed by atoms with Crippen molar-refractivity contribution in [3.8, 4) is 0 Å². The molecule has 1 aromatic rings. The van der Waals surface area contributed by atoms with Gasteiger partial charge in [0.15, 0.2) is 0 Å². The summed E-state index contributed by atoms with van der Waals surface area (Å²) in [5.41, 5.74) is 0.547. The first-order chi connectivity index (χ1) is 27.3. The maximum absolute atomic E-state index is 16.2. The maximum Gasteiger partial charge on any atom is 0.439 e. The molecule has 4 fully saturated rings. The fourth-order valence-corrected chi connectivity index (χ4v) is 8.98. The van der Waals surface area contributed by atoms with Gasteiger partial charge in [0.25, 0.3) is 5.91 Å². The van der Waals surface area contributed by atoms with Gasteiger partial charge in [0, 0.05) is 20.6 Å². The zero-order valence-electron chi connectivity index (χ0n) is 33.9. The van der Waals surface area contributed by atoms with Gasteiger partial charge in [-0.3, -0.25) is 28.8 Å². The van der Waals surface area contributed by atoms with E-state index in [-0.39, 0.29) is 41.7 Å². The summed E-state index contributed by atoms with van der Waals surface area (Å²) in [4.78, 5) is 98.1. The lowest BCUT2D eigenvalue weighted by atomic mass is 9.78. The van der Waals surface area contributed by atoms with Crippen molar-refractivity contribution in [2.45, 2.75) is 134 Å².